The van der Waals surface area contributed by atoms with E-state index >= 15 is 0 Å². The molecule has 1 aliphatic heterocycles. The standard InChI is InChI=1S/C33H32N4O7/c38-31-29(19-23-9-3-1-4-10-23)34(21-25-13-7-15-27(17-25)36(41)42)33(40)35(22-26-14-8-16-28(18-26)37(43)44)30(32(31)39)20-24-11-5-2-6-12-24/h1-18,29-32,38-39H,19-22H2/t29-,30-,31+,32+/m1/s1. The minimum Gasteiger partial charge on any atom is -0.388 e. The van der Waals surface area contributed by atoms with Gasteiger partial charge in [0.1, 0.15) is 12.2 Å². The largest absolute Gasteiger partial charge is 0.388 e. The third-order valence-electron chi connectivity index (χ3n) is 7.95. The molecule has 1 saturated heterocycles. The predicted molar refractivity (Wildman–Crippen MR) is 163 cm³/mol. The number of nitro groups is 2. The van der Waals surface area contributed by atoms with Gasteiger partial charge in [-0.15, -0.1) is 0 Å². The summed E-state index contributed by atoms with van der Waals surface area (Å²) >= 11 is 0. The monoisotopic (exact) mass is 596 g/mol. The Morgan fingerprint density at radius 2 is 0.932 bits per heavy atom. The van der Waals surface area contributed by atoms with E-state index in [1.54, 1.807) is 12.1 Å². The summed E-state index contributed by atoms with van der Waals surface area (Å²) in [7, 11) is 0. The van der Waals surface area contributed by atoms with Crippen LogP contribution in [-0.4, -0.2) is 60.2 Å². The Bertz CT molecular complexity index is 1500. The van der Waals surface area contributed by atoms with Gasteiger partial charge in [0.05, 0.1) is 21.9 Å². The Morgan fingerprint density at radius 1 is 0.568 bits per heavy atom. The van der Waals surface area contributed by atoms with Gasteiger partial charge < -0.3 is 20.0 Å². The summed E-state index contributed by atoms with van der Waals surface area (Å²) in [6.45, 7) is -0.156. The number of carbonyl (C=O) groups is 1. The maximum Gasteiger partial charge on any atom is 0.321 e. The number of aliphatic hydroxyl groups excluding tert-OH is 2. The molecule has 4 aromatic rings. The topological polar surface area (TPSA) is 150 Å². The summed E-state index contributed by atoms with van der Waals surface area (Å²) in [5.41, 5.74) is 2.33. The van der Waals surface area contributed by atoms with Crippen LogP contribution in [0, 0.1) is 20.2 Å². The van der Waals surface area contributed by atoms with Crippen molar-refractivity contribution in [1.82, 2.24) is 9.80 Å². The Kier molecular flexibility index (Phi) is 9.27. The molecule has 2 amide bonds. The molecule has 0 unspecified atom stereocenters. The fourth-order valence-electron chi connectivity index (χ4n) is 5.75. The van der Waals surface area contributed by atoms with Crippen LogP contribution in [0.4, 0.5) is 16.2 Å². The SMILES string of the molecule is O=C1N(Cc2cccc([N+](=O)[O-])c2)[C@H](Cc2ccccc2)[C@H](O)[C@@H](O)[C@@H](Cc2ccccc2)N1Cc1cccc([N+](=O)[O-])c1. The second-order valence-electron chi connectivity index (χ2n) is 10.9. The van der Waals surface area contributed by atoms with Crippen molar-refractivity contribution >= 4 is 17.4 Å². The predicted octanol–water partition coefficient (Wildman–Crippen LogP) is 4.89. The lowest BCUT2D eigenvalue weighted by Crippen LogP contribution is -2.50. The van der Waals surface area contributed by atoms with Gasteiger partial charge in [-0.1, -0.05) is 84.9 Å². The summed E-state index contributed by atoms with van der Waals surface area (Å²) < 4.78 is 0. The normalized spacial score (nSPS) is 20.3. The van der Waals surface area contributed by atoms with Crippen LogP contribution in [0.3, 0.4) is 0 Å². The maximum atomic E-state index is 14.6. The molecule has 0 spiro atoms. The van der Waals surface area contributed by atoms with Gasteiger partial charge in [0, 0.05) is 37.4 Å². The minimum absolute atomic E-state index is 0.0781. The fourth-order valence-corrected chi connectivity index (χ4v) is 5.75. The number of carbonyl (C=O) groups excluding carboxylic acids is 1. The molecule has 4 aromatic carbocycles. The van der Waals surface area contributed by atoms with Gasteiger partial charge in [0.25, 0.3) is 11.4 Å². The van der Waals surface area contributed by atoms with E-state index in [1.807, 2.05) is 60.7 Å². The van der Waals surface area contributed by atoms with Crippen molar-refractivity contribution < 1.29 is 24.9 Å². The molecular weight excluding hydrogens is 564 g/mol. The number of non-ortho nitro benzene ring substituents is 2. The number of benzene rings is 4. The van der Waals surface area contributed by atoms with Crippen LogP contribution >= 0.6 is 0 Å². The molecule has 5 rings (SSSR count). The Labute approximate surface area is 253 Å². The third kappa shape index (κ3) is 6.91. The lowest BCUT2D eigenvalue weighted by Gasteiger charge is -2.35. The first-order valence-electron chi connectivity index (χ1n) is 14.2. The molecule has 1 aliphatic rings. The average Bonchev–Trinajstić information content (AvgIpc) is 3.09. The van der Waals surface area contributed by atoms with Gasteiger partial charge in [-0.25, -0.2) is 4.79 Å². The van der Waals surface area contributed by atoms with Gasteiger partial charge in [0.15, 0.2) is 0 Å². The highest BCUT2D eigenvalue weighted by Crippen LogP contribution is 2.31. The number of hydrogen-bond donors (Lipinski definition) is 2. The molecule has 1 heterocycles. The summed E-state index contributed by atoms with van der Waals surface area (Å²) in [4.78, 5) is 39.5. The number of nitrogens with zero attached hydrogens (tertiary/aromatic N) is 4. The van der Waals surface area contributed by atoms with Gasteiger partial charge in [0.2, 0.25) is 0 Å². The van der Waals surface area contributed by atoms with Crippen molar-refractivity contribution in [2.75, 3.05) is 0 Å². The number of urea groups is 1. The zero-order chi connectivity index (χ0) is 31.2. The van der Waals surface area contributed by atoms with Crippen LogP contribution in [0.1, 0.15) is 22.3 Å². The first-order chi connectivity index (χ1) is 21.2. The van der Waals surface area contributed by atoms with Gasteiger partial charge in [-0.05, 0) is 35.1 Å². The first kappa shape index (κ1) is 30.3. The van der Waals surface area contributed by atoms with E-state index in [0.717, 1.165) is 11.1 Å². The number of amides is 2. The smallest absolute Gasteiger partial charge is 0.321 e. The number of rotatable bonds is 10. The van der Waals surface area contributed by atoms with E-state index in [2.05, 4.69) is 0 Å². The molecule has 4 atom stereocenters. The van der Waals surface area contributed by atoms with Crippen LogP contribution in [0.2, 0.25) is 0 Å². The molecular formula is C33H32N4O7. The van der Waals surface area contributed by atoms with Crippen molar-refractivity contribution in [2.24, 2.45) is 0 Å². The molecule has 1 fully saturated rings. The zero-order valence-corrected chi connectivity index (χ0v) is 23.8. The van der Waals surface area contributed by atoms with Crippen molar-refractivity contribution in [3.05, 3.63) is 152 Å². The molecule has 11 nitrogen and oxygen atoms in total. The fraction of sp³-hybridized carbons (Fsp3) is 0.242. The van der Waals surface area contributed by atoms with Gasteiger partial charge in [-0.3, -0.25) is 20.2 Å². The third-order valence-corrected chi connectivity index (χ3v) is 7.95. The van der Waals surface area contributed by atoms with Crippen LogP contribution in [0.15, 0.2) is 109 Å². The van der Waals surface area contributed by atoms with Crippen LogP contribution < -0.4 is 0 Å². The molecule has 0 saturated carbocycles. The molecule has 0 radical (unpaired) electrons. The molecule has 0 bridgehead atoms. The highest BCUT2D eigenvalue weighted by Gasteiger charge is 2.46. The average molecular weight is 597 g/mol. The quantitative estimate of drug-likeness (QED) is 0.196. The molecule has 11 heteroatoms. The molecule has 0 aliphatic carbocycles. The number of hydrogen-bond acceptors (Lipinski definition) is 7. The Balaban J connectivity index is 1.61. The molecule has 0 aromatic heterocycles. The summed E-state index contributed by atoms with van der Waals surface area (Å²) in [6, 6.07) is 28.1. The van der Waals surface area contributed by atoms with Crippen molar-refractivity contribution in [1.29, 1.82) is 0 Å². The van der Waals surface area contributed by atoms with Crippen LogP contribution in [-0.2, 0) is 25.9 Å². The second-order valence-corrected chi connectivity index (χ2v) is 10.9. The molecule has 44 heavy (non-hydrogen) atoms. The maximum absolute atomic E-state index is 14.6. The summed E-state index contributed by atoms with van der Waals surface area (Å²) in [6.07, 6.45) is -2.35. The lowest BCUT2D eigenvalue weighted by atomic mass is 9.91. The van der Waals surface area contributed by atoms with Crippen molar-refractivity contribution in [3.63, 3.8) is 0 Å². The lowest BCUT2D eigenvalue weighted by molar-refractivity contribution is -0.385. The highest BCUT2D eigenvalue weighted by atomic mass is 16.6. The van der Waals surface area contributed by atoms with E-state index < -0.39 is 40.2 Å². The van der Waals surface area contributed by atoms with E-state index in [-0.39, 0.29) is 37.3 Å². The molecule has 2 N–H and O–H groups in total. The van der Waals surface area contributed by atoms with Crippen molar-refractivity contribution in [2.45, 2.75) is 50.2 Å². The van der Waals surface area contributed by atoms with Crippen molar-refractivity contribution in [3.8, 4) is 0 Å². The Morgan fingerprint density at radius 3 is 1.30 bits per heavy atom. The zero-order valence-electron chi connectivity index (χ0n) is 23.8. The number of aliphatic hydroxyl groups is 2. The first-order valence-corrected chi connectivity index (χ1v) is 14.2. The summed E-state index contributed by atoms with van der Waals surface area (Å²) in [5, 5.41) is 46.6. The summed E-state index contributed by atoms with van der Waals surface area (Å²) in [5.74, 6) is 0. The second kappa shape index (κ2) is 13.4. The minimum atomic E-state index is -1.39. The highest BCUT2D eigenvalue weighted by molar-refractivity contribution is 5.76. The van der Waals surface area contributed by atoms with Crippen LogP contribution in [0.25, 0.3) is 0 Å². The van der Waals surface area contributed by atoms with Gasteiger partial charge in [-0.2, -0.15) is 0 Å². The van der Waals surface area contributed by atoms with Gasteiger partial charge >= 0.3 is 6.03 Å². The molecule has 226 valence electrons. The van der Waals surface area contributed by atoms with E-state index in [0.29, 0.717) is 11.1 Å². The van der Waals surface area contributed by atoms with E-state index in [9.17, 15) is 35.2 Å². The number of nitro benzene ring substituents is 2. The van der Waals surface area contributed by atoms with E-state index in [4.69, 9.17) is 0 Å². The van der Waals surface area contributed by atoms with E-state index in [1.165, 1.54) is 46.2 Å². The Hall–Kier alpha value is -5.13. The van der Waals surface area contributed by atoms with Crippen LogP contribution in [0.5, 0.6) is 0 Å².